The topological polar surface area (TPSA) is 83.6 Å². The highest BCUT2D eigenvalue weighted by Gasteiger charge is 2.25. The van der Waals surface area contributed by atoms with Gasteiger partial charge < -0.3 is 15.7 Å². The summed E-state index contributed by atoms with van der Waals surface area (Å²) < 4.78 is 0. The molecule has 2 unspecified atom stereocenters. The lowest BCUT2D eigenvalue weighted by atomic mass is 9.99. The number of likely N-dealkylation sites (N-methyl/N-ethyl adjacent to an activating group) is 1. The summed E-state index contributed by atoms with van der Waals surface area (Å²) >= 11 is 0. The first-order valence-corrected chi connectivity index (χ1v) is 5.20. The molecule has 0 aliphatic rings. The van der Waals surface area contributed by atoms with Gasteiger partial charge in [-0.2, -0.15) is 0 Å². The molecule has 5 heteroatoms. The second kappa shape index (κ2) is 6.40. The second-order valence-corrected chi connectivity index (χ2v) is 3.66. The van der Waals surface area contributed by atoms with Crippen molar-refractivity contribution in [3.05, 3.63) is 0 Å². The number of aliphatic carboxylic acids is 1. The fourth-order valence-corrected chi connectivity index (χ4v) is 1.22. The van der Waals surface area contributed by atoms with Crippen molar-refractivity contribution in [1.82, 2.24) is 4.90 Å². The van der Waals surface area contributed by atoms with E-state index in [2.05, 4.69) is 0 Å². The van der Waals surface area contributed by atoms with Crippen LogP contribution in [0.4, 0.5) is 0 Å². The van der Waals surface area contributed by atoms with Crippen molar-refractivity contribution in [2.24, 2.45) is 11.7 Å². The normalized spacial score (nSPS) is 14.4. The number of carbonyl (C=O) groups is 2. The predicted octanol–water partition coefficient (Wildman–Crippen LogP) is 0.293. The number of rotatable bonds is 6. The lowest BCUT2D eigenvalue weighted by Crippen LogP contribution is -2.48. The summed E-state index contributed by atoms with van der Waals surface area (Å²) in [5.41, 5.74) is 5.74. The quantitative estimate of drug-likeness (QED) is 0.668. The zero-order chi connectivity index (χ0) is 12.0. The van der Waals surface area contributed by atoms with E-state index >= 15 is 0 Å². The average molecular weight is 216 g/mol. The van der Waals surface area contributed by atoms with Crippen LogP contribution >= 0.6 is 0 Å². The predicted molar refractivity (Wildman–Crippen MR) is 57.3 cm³/mol. The molecule has 0 bridgehead atoms. The van der Waals surface area contributed by atoms with E-state index in [0.717, 1.165) is 6.42 Å². The Labute approximate surface area is 90.2 Å². The lowest BCUT2D eigenvalue weighted by Gasteiger charge is -2.25. The molecule has 88 valence electrons. The van der Waals surface area contributed by atoms with Crippen LogP contribution in [-0.4, -0.2) is 41.0 Å². The van der Waals surface area contributed by atoms with Crippen molar-refractivity contribution in [2.75, 3.05) is 13.1 Å². The molecule has 0 aromatic carbocycles. The number of carbonyl (C=O) groups excluding carboxylic acids is 1. The van der Waals surface area contributed by atoms with Gasteiger partial charge in [0.15, 0.2) is 0 Å². The van der Waals surface area contributed by atoms with E-state index in [4.69, 9.17) is 10.8 Å². The average Bonchev–Trinajstić information content (AvgIpc) is 2.22. The summed E-state index contributed by atoms with van der Waals surface area (Å²) in [6.07, 6.45) is 0.803. The van der Waals surface area contributed by atoms with Crippen molar-refractivity contribution in [1.29, 1.82) is 0 Å². The molecule has 0 aromatic rings. The number of carboxylic acid groups (broad SMARTS) is 1. The van der Waals surface area contributed by atoms with E-state index in [1.807, 2.05) is 13.8 Å². The van der Waals surface area contributed by atoms with E-state index in [0.29, 0.717) is 6.54 Å². The van der Waals surface area contributed by atoms with Crippen molar-refractivity contribution in [3.8, 4) is 0 Å². The number of hydrogen-bond donors (Lipinski definition) is 2. The lowest BCUT2D eigenvalue weighted by molar-refractivity contribution is -0.145. The van der Waals surface area contributed by atoms with Gasteiger partial charge in [0, 0.05) is 6.54 Å². The number of hydrogen-bond acceptors (Lipinski definition) is 3. The monoisotopic (exact) mass is 216 g/mol. The molecule has 0 aromatic heterocycles. The van der Waals surface area contributed by atoms with Gasteiger partial charge in [-0.25, -0.2) is 0 Å². The zero-order valence-corrected chi connectivity index (χ0v) is 9.56. The second-order valence-electron chi connectivity index (χ2n) is 3.66. The third-order valence-corrected chi connectivity index (χ3v) is 2.56. The largest absolute Gasteiger partial charge is 0.480 e. The number of nitrogens with two attached hydrogens (primary N) is 1. The molecule has 0 radical (unpaired) electrons. The highest BCUT2D eigenvalue weighted by Crippen LogP contribution is 2.08. The van der Waals surface area contributed by atoms with Gasteiger partial charge in [0.25, 0.3) is 0 Å². The molecule has 3 N–H and O–H groups in total. The van der Waals surface area contributed by atoms with Crippen LogP contribution in [0.1, 0.15) is 27.2 Å². The minimum Gasteiger partial charge on any atom is -0.480 e. The molecule has 0 fully saturated rings. The Morgan fingerprint density at radius 2 is 1.93 bits per heavy atom. The first kappa shape index (κ1) is 13.9. The van der Waals surface area contributed by atoms with Gasteiger partial charge in [0.1, 0.15) is 6.54 Å². The molecule has 0 rings (SSSR count). The Morgan fingerprint density at radius 1 is 1.40 bits per heavy atom. The summed E-state index contributed by atoms with van der Waals surface area (Å²) in [7, 11) is 0. The van der Waals surface area contributed by atoms with Gasteiger partial charge in [0.05, 0.1) is 6.04 Å². The van der Waals surface area contributed by atoms with Crippen molar-refractivity contribution < 1.29 is 14.7 Å². The maximum Gasteiger partial charge on any atom is 0.323 e. The number of nitrogens with zero attached hydrogens (tertiary/aromatic N) is 1. The highest BCUT2D eigenvalue weighted by atomic mass is 16.4. The summed E-state index contributed by atoms with van der Waals surface area (Å²) in [6.45, 7) is 5.67. The first-order chi connectivity index (χ1) is 6.93. The summed E-state index contributed by atoms with van der Waals surface area (Å²) in [4.78, 5) is 23.5. The van der Waals surface area contributed by atoms with Gasteiger partial charge in [-0.05, 0) is 12.8 Å². The van der Waals surface area contributed by atoms with E-state index in [1.165, 1.54) is 4.90 Å². The van der Waals surface area contributed by atoms with Crippen LogP contribution in [0.25, 0.3) is 0 Å². The molecular formula is C10H20N2O3. The number of carboxylic acids is 1. The van der Waals surface area contributed by atoms with E-state index < -0.39 is 12.0 Å². The first-order valence-electron chi connectivity index (χ1n) is 5.20. The van der Waals surface area contributed by atoms with E-state index in [9.17, 15) is 9.59 Å². The maximum atomic E-state index is 11.7. The van der Waals surface area contributed by atoms with Crippen molar-refractivity contribution in [2.45, 2.75) is 33.2 Å². The molecule has 0 spiro atoms. The van der Waals surface area contributed by atoms with Crippen molar-refractivity contribution >= 4 is 11.9 Å². The van der Waals surface area contributed by atoms with Crippen LogP contribution in [0.15, 0.2) is 0 Å². The maximum absolute atomic E-state index is 11.7. The Bertz CT molecular complexity index is 231. The zero-order valence-electron chi connectivity index (χ0n) is 9.56. The third kappa shape index (κ3) is 4.29. The van der Waals surface area contributed by atoms with Crippen LogP contribution in [0.5, 0.6) is 0 Å². The highest BCUT2D eigenvalue weighted by molar-refractivity contribution is 5.85. The molecule has 5 nitrogen and oxygen atoms in total. The molecule has 0 saturated carbocycles. The number of amides is 1. The Morgan fingerprint density at radius 3 is 2.27 bits per heavy atom. The van der Waals surface area contributed by atoms with Gasteiger partial charge in [0.2, 0.25) is 5.91 Å². The van der Waals surface area contributed by atoms with Crippen LogP contribution in [0.2, 0.25) is 0 Å². The van der Waals surface area contributed by atoms with Gasteiger partial charge in [-0.3, -0.25) is 9.59 Å². The molecule has 15 heavy (non-hydrogen) atoms. The van der Waals surface area contributed by atoms with Gasteiger partial charge >= 0.3 is 5.97 Å². The molecule has 0 saturated heterocycles. The van der Waals surface area contributed by atoms with Crippen molar-refractivity contribution in [3.63, 3.8) is 0 Å². The molecule has 0 aliphatic heterocycles. The van der Waals surface area contributed by atoms with Gasteiger partial charge in [-0.1, -0.05) is 20.3 Å². The Hall–Kier alpha value is -1.10. The van der Waals surface area contributed by atoms with Gasteiger partial charge in [-0.15, -0.1) is 0 Å². The molecule has 0 heterocycles. The van der Waals surface area contributed by atoms with Crippen LogP contribution in [-0.2, 0) is 9.59 Å². The minimum absolute atomic E-state index is 0.0698. The van der Waals surface area contributed by atoms with Crippen LogP contribution in [0.3, 0.4) is 0 Å². The fourth-order valence-electron chi connectivity index (χ4n) is 1.22. The molecule has 1 amide bonds. The summed E-state index contributed by atoms with van der Waals surface area (Å²) in [5.74, 6) is -1.23. The Balaban J connectivity index is 4.43. The van der Waals surface area contributed by atoms with E-state index in [-0.39, 0.29) is 18.4 Å². The molecular weight excluding hydrogens is 196 g/mol. The minimum atomic E-state index is -1.01. The standard InChI is InChI=1S/C10H20N2O3/c1-4-7(3)9(11)10(15)12(5-2)6-8(13)14/h7,9H,4-6,11H2,1-3H3,(H,13,14). The Kier molecular flexibility index (Phi) is 5.93. The van der Waals surface area contributed by atoms with E-state index in [1.54, 1.807) is 6.92 Å². The van der Waals surface area contributed by atoms with Crippen LogP contribution in [0, 0.1) is 5.92 Å². The van der Waals surface area contributed by atoms with Crippen LogP contribution < -0.4 is 5.73 Å². The summed E-state index contributed by atoms with van der Waals surface area (Å²) in [5, 5.41) is 8.61. The molecule has 0 aliphatic carbocycles. The summed E-state index contributed by atoms with van der Waals surface area (Å²) in [6, 6.07) is -0.603. The SMILES string of the molecule is CCC(C)C(N)C(=O)N(CC)CC(=O)O. The fraction of sp³-hybridized carbons (Fsp3) is 0.800. The third-order valence-electron chi connectivity index (χ3n) is 2.56. The molecule has 2 atom stereocenters. The smallest absolute Gasteiger partial charge is 0.323 e.